The van der Waals surface area contributed by atoms with Gasteiger partial charge < -0.3 is 25.2 Å². The molecular weight excluding hydrogens is 204 g/mol. The number of aliphatic carboxylic acids is 1. The van der Waals surface area contributed by atoms with Gasteiger partial charge in [-0.2, -0.15) is 0 Å². The Morgan fingerprint density at radius 1 is 1.20 bits per heavy atom. The SMILES string of the molecule is CCC(CO)(CO)CO.O=CCC(=O)O. The first kappa shape index (κ1) is 16.4. The molecule has 6 nitrogen and oxygen atoms in total. The fraction of sp³-hybridized carbons (Fsp3) is 0.778. The maximum absolute atomic E-state index is 9.37. The van der Waals surface area contributed by atoms with Crippen LogP contribution in [-0.4, -0.2) is 52.5 Å². The lowest BCUT2D eigenvalue weighted by atomic mass is 9.88. The van der Waals surface area contributed by atoms with Gasteiger partial charge in [-0.1, -0.05) is 6.92 Å². The lowest BCUT2D eigenvalue weighted by Gasteiger charge is -2.24. The van der Waals surface area contributed by atoms with Crippen molar-refractivity contribution in [1.29, 1.82) is 0 Å². The van der Waals surface area contributed by atoms with E-state index < -0.39 is 11.4 Å². The highest BCUT2D eigenvalue weighted by atomic mass is 16.4. The summed E-state index contributed by atoms with van der Waals surface area (Å²) in [6.45, 7) is 1.35. The first-order valence-corrected chi connectivity index (χ1v) is 4.50. The molecule has 0 saturated carbocycles. The van der Waals surface area contributed by atoms with E-state index in [1.165, 1.54) is 0 Å². The third kappa shape index (κ3) is 8.04. The van der Waals surface area contributed by atoms with Gasteiger partial charge in [0, 0.05) is 5.41 Å². The maximum atomic E-state index is 9.37. The van der Waals surface area contributed by atoms with Gasteiger partial charge >= 0.3 is 5.97 Å². The van der Waals surface area contributed by atoms with Crippen LogP contribution in [0.5, 0.6) is 0 Å². The molecule has 0 rings (SSSR count). The average Bonchev–Trinajstić information content (AvgIpc) is 2.23. The van der Waals surface area contributed by atoms with Gasteiger partial charge in [0.1, 0.15) is 12.7 Å². The molecule has 0 fully saturated rings. The highest BCUT2D eigenvalue weighted by molar-refractivity contribution is 5.81. The largest absolute Gasteiger partial charge is 0.481 e. The van der Waals surface area contributed by atoms with Crippen molar-refractivity contribution in [3.05, 3.63) is 0 Å². The molecule has 0 unspecified atom stereocenters. The van der Waals surface area contributed by atoms with Crippen molar-refractivity contribution in [2.45, 2.75) is 19.8 Å². The molecular formula is C9H18O6. The summed E-state index contributed by atoms with van der Waals surface area (Å²) in [6.07, 6.45) is 0.554. The molecule has 0 aromatic heterocycles. The summed E-state index contributed by atoms with van der Waals surface area (Å²) in [5.74, 6) is -1.08. The maximum Gasteiger partial charge on any atom is 0.310 e. The van der Waals surface area contributed by atoms with Crippen LogP contribution in [0.1, 0.15) is 19.8 Å². The first-order chi connectivity index (χ1) is 7.01. The third-order valence-corrected chi connectivity index (χ3v) is 2.01. The van der Waals surface area contributed by atoms with E-state index in [1.54, 1.807) is 0 Å². The number of rotatable bonds is 6. The van der Waals surface area contributed by atoms with Crippen molar-refractivity contribution < 1.29 is 30.0 Å². The number of aliphatic hydroxyl groups is 3. The van der Waals surface area contributed by atoms with E-state index in [0.29, 0.717) is 12.7 Å². The Morgan fingerprint density at radius 3 is 1.60 bits per heavy atom. The lowest BCUT2D eigenvalue weighted by Crippen LogP contribution is -2.32. The molecule has 90 valence electrons. The Morgan fingerprint density at radius 2 is 1.60 bits per heavy atom. The topological polar surface area (TPSA) is 115 Å². The van der Waals surface area contributed by atoms with Crippen LogP contribution in [0.15, 0.2) is 0 Å². The smallest absolute Gasteiger partial charge is 0.310 e. The number of aldehydes is 1. The van der Waals surface area contributed by atoms with Crippen molar-refractivity contribution in [1.82, 2.24) is 0 Å². The second-order valence-corrected chi connectivity index (χ2v) is 3.09. The van der Waals surface area contributed by atoms with Crippen LogP contribution in [0.2, 0.25) is 0 Å². The van der Waals surface area contributed by atoms with Crippen LogP contribution in [0, 0.1) is 5.41 Å². The zero-order valence-electron chi connectivity index (χ0n) is 8.72. The molecule has 0 amide bonds. The normalized spacial score (nSPS) is 10.1. The molecule has 0 aromatic rings. The minimum Gasteiger partial charge on any atom is -0.481 e. The number of carboxylic acids is 1. The molecule has 0 radical (unpaired) electrons. The van der Waals surface area contributed by atoms with Crippen molar-refractivity contribution in [2.24, 2.45) is 5.41 Å². The molecule has 0 heterocycles. The Hall–Kier alpha value is -0.980. The molecule has 6 heteroatoms. The summed E-state index contributed by atoms with van der Waals surface area (Å²) in [5.41, 5.74) is -0.667. The molecule has 0 atom stereocenters. The van der Waals surface area contributed by atoms with Gasteiger partial charge in [0.05, 0.1) is 19.8 Å². The van der Waals surface area contributed by atoms with E-state index in [-0.39, 0.29) is 26.2 Å². The summed E-state index contributed by atoms with van der Waals surface area (Å²) in [4.78, 5) is 18.6. The zero-order chi connectivity index (χ0) is 12.3. The lowest BCUT2D eigenvalue weighted by molar-refractivity contribution is -0.138. The van der Waals surface area contributed by atoms with E-state index in [9.17, 15) is 9.59 Å². The van der Waals surface area contributed by atoms with Gasteiger partial charge in [0.2, 0.25) is 0 Å². The second-order valence-electron chi connectivity index (χ2n) is 3.09. The highest BCUT2D eigenvalue weighted by Crippen LogP contribution is 2.18. The Kier molecular flexibility index (Phi) is 10.5. The zero-order valence-corrected chi connectivity index (χ0v) is 8.72. The molecule has 0 aliphatic heterocycles. The van der Waals surface area contributed by atoms with Crippen molar-refractivity contribution in [2.75, 3.05) is 19.8 Å². The van der Waals surface area contributed by atoms with E-state index >= 15 is 0 Å². The Bertz CT molecular complexity index is 158. The molecule has 0 aliphatic rings. The van der Waals surface area contributed by atoms with Gasteiger partial charge in [-0.05, 0) is 6.42 Å². The molecule has 4 N–H and O–H groups in total. The van der Waals surface area contributed by atoms with Crippen molar-refractivity contribution in [3.63, 3.8) is 0 Å². The van der Waals surface area contributed by atoms with E-state index in [1.807, 2.05) is 6.92 Å². The van der Waals surface area contributed by atoms with Gasteiger partial charge in [-0.25, -0.2) is 0 Å². The minimum absolute atomic E-state index is 0.156. The minimum atomic E-state index is -1.08. The van der Waals surface area contributed by atoms with Crippen LogP contribution < -0.4 is 0 Å². The monoisotopic (exact) mass is 222 g/mol. The van der Waals surface area contributed by atoms with E-state index in [0.717, 1.165) is 0 Å². The molecule has 15 heavy (non-hydrogen) atoms. The fourth-order valence-corrected chi connectivity index (χ4v) is 0.557. The molecule has 0 saturated heterocycles. The van der Waals surface area contributed by atoms with E-state index in [4.69, 9.17) is 20.4 Å². The van der Waals surface area contributed by atoms with Crippen LogP contribution in [0.25, 0.3) is 0 Å². The van der Waals surface area contributed by atoms with Gasteiger partial charge in [0.25, 0.3) is 0 Å². The second kappa shape index (κ2) is 9.57. The molecule has 0 aliphatic carbocycles. The third-order valence-electron chi connectivity index (χ3n) is 2.01. The van der Waals surface area contributed by atoms with Crippen molar-refractivity contribution >= 4 is 12.3 Å². The predicted octanol–water partition coefficient (Wildman–Crippen LogP) is -0.980. The van der Waals surface area contributed by atoms with E-state index in [2.05, 4.69) is 0 Å². The summed E-state index contributed by atoms with van der Waals surface area (Å²) < 4.78 is 0. The molecule has 0 aromatic carbocycles. The number of hydrogen-bond acceptors (Lipinski definition) is 5. The highest BCUT2D eigenvalue weighted by Gasteiger charge is 2.24. The first-order valence-electron chi connectivity index (χ1n) is 4.50. The summed E-state index contributed by atoms with van der Waals surface area (Å²) in [7, 11) is 0. The standard InChI is InChI=1S/C6H14O3.C3H4O3/c1-2-6(3-7,4-8)5-9;4-2-1-3(5)6/h7-9H,2-5H2,1H3;2H,1H2,(H,5,6). The number of aliphatic hydroxyl groups excluding tert-OH is 3. The van der Waals surface area contributed by atoms with Gasteiger partial charge in [-0.3, -0.25) is 4.79 Å². The number of carbonyl (C=O) groups excluding carboxylic acids is 1. The van der Waals surface area contributed by atoms with Gasteiger partial charge in [-0.15, -0.1) is 0 Å². The average molecular weight is 222 g/mol. The summed E-state index contributed by atoms with van der Waals surface area (Å²) in [5, 5.41) is 33.7. The number of hydrogen-bond donors (Lipinski definition) is 4. The summed E-state index contributed by atoms with van der Waals surface area (Å²) in [6, 6.07) is 0. The molecule has 0 bridgehead atoms. The number of carboxylic acid groups (broad SMARTS) is 1. The molecule has 0 spiro atoms. The fourth-order valence-electron chi connectivity index (χ4n) is 0.557. The Labute approximate surface area is 88.2 Å². The van der Waals surface area contributed by atoms with Gasteiger partial charge in [0.15, 0.2) is 0 Å². The van der Waals surface area contributed by atoms with Crippen LogP contribution in [0.3, 0.4) is 0 Å². The predicted molar refractivity (Wildman–Crippen MR) is 52.3 cm³/mol. The van der Waals surface area contributed by atoms with Crippen molar-refractivity contribution in [3.8, 4) is 0 Å². The van der Waals surface area contributed by atoms with Crippen LogP contribution >= 0.6 is 0 Å². The Balaban J connectivity index is 0. The number of carbonyl (C=O) groups is 2. The van der Waals surface area contributed by atoms with Crippen LogP contribution in [0.4, 0.5) is 0 Å². The summed E-state index contributed by atoms with van der Waals surface area (Å²) >= 11 is 0. The quantitative estimate of drug-likeness (QED) is 0.339. The van der Waals surface area contributed by atoms with Crippen LogP contribution in [-0.2, 0) is 9.59 Å².